The van der Waals surface area contributed by atoms with E-state index in [4.69, 9.17) is 0 Å². The Morgan fingerprint density at radius 3 is 1.93 bits per heavy atom. The van der Waals surface area contributed by atoms with Gasteiger partial charge in [0, 0.05) is 0 Å². The van der Waals surface area contributed by atoms with Gasteiger partial charge in [0.05, 0.1) is 0 Å². The Bertz CT molecular complexity index is 1390. The van der Waals surface area contributed by atoms with E-state index in [0.717, 1.165) is 0 Å². The van der Waals surface area contributed by atoms with Crippen molar-refractivity contribution < 1.29 is 0 Å². The summed E-state index contributed by atoms with van der Waals surface area (Å²) in [5.74, 6) is 0. The average Bonchev–Trinajstić information content (AvgIpc) is 2.71. The lowest BCUT2D eigenvalue weighted by molar-refractivity contribution is 1.46. The number of hydrogen-bond donors (Lipinski definition) is 0. The quantitative estimate of drug-likeness (QED) is 0.265. The van der Waals surface area contributed by atoms with Crippen molar-refractivity contribution in [2.24, 2.45) is 0 Å². The summed E-state index contributed by atoms with van der Waals surface area (Å²) < 4.78 is 0. The Labute approximate surface area is 166 Å². The zero-order valence-electron chi connectivity index (χ0n) is 16.9. The van der Waals surface area contributed by atoms with Crippen molar-refractivity contribution in [1.82, 2.24) is 0 Å². The summed E-state index contributed by atoms with van der Waals surface area (Å²) in [5, 5.41) is 8.08. The zero-order chi connectivity index (χ0) is 19.4. The van der Waals surface area contributed by atoms with Crippen LogP contribution in [-0.2, 0) is 0 Å². The molecule has 0 heteroatoms. The molecule has 0 heterocycles. The summed E-state index contributed by atoms with van der Waals surface area (Å²) in [5.41, 5.74) is 7.96. The molecule has 0 atom stereocenters. The van der Waals surface area contributed by atoms with Crippen LogP contribution in [0.1, 0.15) is 22.3 Å². The summed E-state index contributed by atoms with van der Waals surface area (Å²) in [7, 11) is 0. The second-order valence-corrected chi connectivity index (χ2v) is 8.07. The minimum atomic E-state index is 1.29. The van der Waals surface area contributed by atoms with E-state index in [1.807, 2.05) is 0 Å². The van der Waals surface area contributed by atoms with E-state index in [2.05, 4.69) is 100 Å². The minimum Gasteiger partial charge on any atom is -0.0616 e. The van der Waals surface area contributed by atoms with Crippen LogP contribution in [0.5, 0.6) is 0 Å². The van der Waals surface area contributed by atoms with Gasteiger partial charge < -0.3 is 0 Å². The van der Waals surface area contributed by atoms with Gasteiger partial charge in [-0.1, -0.05) is 54.6 Å². The lowest BCUT2D eigenvalue weighted by Crippen LogP contribution is -1.89. The lowest BCUT2D eigenvalue weighted by atomic mass is 9.90. The molecule has 5 aromatic rings. The highest BCUT2D eigenvalue weighted by molar-refractivity contribution is 6.05. The third-order valence-electron chi connectivity index (χ3n) is 6.24. The topological polar surface area (TPSA) is 0 Å². The van der Waals surface area contributed by atoms with Gasteiger partial charge in [-0.15, -0.1) is 0 Å². The molecule has 0 saturated carbocycles. The normalized spacial score (nSPS) is 11.6. The maximum Gasteiger partial charge on any atom is -0.0139 e. The molecule has 0 fully saturated rings. The Hall–Kier alpha value is -3.12. The Morgan fingerprint density at radius 2 is 1.11 bits per heavy atom. The van der Waals surface area contributed by atoms with E-state index in [0.29, 0.717) is 0 Å². The summed E-state index contributed by atoms with van der Waals surface area (Å²) in [6.07, 6.45) is 0. The van der Waals surface area contributed by atoms with Crippen molar-refractivity contribution in [3.8, 4) is 11.1 Å². The minimum absolute atomic E-state index is 1.29. The van der Waals surface area contributed by atoms with Gasteiger partial charge in [-0.25, -0.2) is 0 Å². The third kappa shape index (κ3) is 2.52. The molecule has 0 aliphatic heterocycles. The van der Waals surface area contributed by atoms with Gasteiger partial charge in [0.15, 0.2) is 0 Å². The molecule has 0 aliphatic carbocycles. The van der Waals surface area contributed by atoms with Crippen LogP contribution in [-0.4, -0.2) is 0 Å². The predicted molar refractivity (Wildman–Crippen MR) is 123 cm³/mol. The monoisotopic (exact) mass is 360 g/mol. The summed E-state index contributed by atoms with van der Waals surface area (Å²) >= 11 is 0. The molecule has 0 bridgehead atoms. The molecule has 5 aromatic carbocycles. The van der Waals surface area contributed by atoms with E-state index in [1.165, 1.54) is 65.7 Å². The second kappa shape index (κ2) is 6.21. The van der Waals surface area contributed by atoms with Crippen LogP contribution in [0, 0.1) is 27.7 Å². The third-order valence-corrected chi connectivity index (χ3v) is 6.24. The molecule has 0 nitrogen and oxygen atoms in total. The molecule has 0 unspecified atom stereocenters. The first kappa shape index (κ1) is 17.0. The maximum atomic E-state index is 2.37. The Kier molecular flexibility index (Phi) is 3.77. The standard InChI is InChI=1S/C28H24/c1-17-9-10-18(2)26-14-21(11-12-24(17)26)23-13-19(3)27-15-22-7-5-6-8-25(22)20(4)28(27)16-23/h5-16H,1-4H3. The fourth-order valence-corrected chi connectivity index (χ4v) is 4.56. The Morgan fingerprint density at radius 1 is 0.429 bits per heavy atom. The van der Waals surface area contributed by atoms with Crippen LogP contribution in [0.15, 0.2) is 72.8 Å². The molecule has 0 N–H and O–H groups in total. The Balaban J connectivity index is 1.80. The summed E-state index contributed by atoms with van der Waals surface area (Å²) in [6, 6.07) is 27.1. The smallest absolute Gasteiger partial charge is 0.0139 e. The van der Waals surface area contributed by atoms with Crippen LogP contribution in [0.2, 0.25) is 0 Å². The van der Waals surface area contributed by atoms with Crippen molar-refractivity contribution in [3.63, 3.8) is 0 Å². The maximum absolute atomic E-state index is 2.37. The van der Waals surface area contributed by atoms with Crippen LogP contribution in [0.4, 0.5) is 0 Å². The highest BCUT2D eigenvalue weighted by atomic mass is 14.1. The number of fused-ring (bicyclic) bond motifs is 3. The molecule has 0 spiro atoms. The van der Waals surface area contributed by atoms with Crippen molar-refractivity contribution in [3.05, 3.63) is 95.1 Å². The van der Waals surface area contributed by atoms with Gasteiger partial charge in [0.2, 0.25) is 0 Å². The average molecular weight is 361 g/mol. The van der Waals surface area contributed by atoms with Crippen LogP contribution >= 0.6 is 0 Å². The number of rotatable bonds is 1. The summed E-state index contributed by atoms with van der Waals surface area (Å²) in [6.45, 7) is 8.88. The molecule has 5 rings (SSSR count). The fraction of sp³-hybridized carbons (Fsp3) is 0.143. The molecular formula is C28H24. The van der Waals surface area contributed by atoms with Crippen molar-refractivity contribution in [2.45, 2.75) is 27.7 Å². The molecule has 28 heavy (non-hydrogen) atoms. The molecule has 0 amide bonds. The number of benzene rings is 5. The van der Waals surface area contributed by atoms with E-state index >= 15 is 0 Å². The first-order chi connectivity index (χ1) is 13.5. The van der Waals surface area contributed by atoms with Gasteiger partial charge in [-0.05, 0) is 112 Å². The van der Waals surface area contributed by atoms with E-state index < -0.39 is 0 Å². The first-order valence-electron chi connectivity index (χ1n) is 9.96. The SMILES string of the molecule is Cc1ccc(C)c2cc(-c3cc(C)c4cc5ccccc5c(C)c4c3)ccc12. The molecule has 0 aromatic heterocycles. The molecular weight excluding hydrogens is 336 g/mol. The van der Waals surface area contributed by atoms with E-state index in [-0.39, 0.29) is 0 Å². The largest absolute Gasteiger partial charge is 0.0616 e. The second-order valence-electron chi connectivity index (χ2n) is 8.07. The molecule has 136 valence electrons. The lowest BCUT2D eigenvalue weighted by Gasteiger charge is -2.14. The van der Waals surface area contributed by atoms with Crippen molar-refractivity contribution >= 4 is 32.3 Å². The van der Waals surface area contributed by atoms with Gasteiger partial charge in [-0.3, -0.25) is 0 Å². The van der Waals surface area contributed by atoms with Gasteiger partial charge in [-0.2, -0.15) is 0 Å². The van der Waals surface area contributed by atoms with E-state index in [9.17, 15) is 0 Å². The fourth-order valence-electron chi connectivity index (χ4n) is 4.56. The van der Waals surface area contributed by atoms with Crippen LogP contribution in [0.25, 0.3) is 43.4 Å². The van der Waals surface area contributed by atoms with Gasteiger partial charge in [0.25, 0.3) is 0 Å². The van der Waals surface area contributed by atoms with E-state index in [1.54, 1.807) is 0 Å². The van der Waals surface area contributed by atoms with Gasteiger partial charge in [0.1, 0.15) is 0 Å². The number of aryl methyl sites for hydroxylation is 4. The summed E-state index contributed by atoms with van der Waals surface area (Å²) in [4.78, 5) is 0. The highest BCUT2D eigenvalue weighted by Crippen LogP contribution is 2.35. The number of hydrogen-bond acceptors (Lipinski definition) is 0. The van der Waals surface area contributed by atoms with Crippen molar-refractivity contribution in [1.29, 1.82) is 0 Å². The molecule has 0 saturated heterocycles. The zero-order valence-corrected chi connectivity index (χ0v) is 16.9. The van der Waals surface area contributed by atoms with Crippen LogP contribution in [0.3, 0.4) is 0 Å². The molecule has 0 aliphatic rings. The highest BCUT2D eigenvalue weighted by Gasteiger charge is 2.10. The first-order valence-corrected chi connectivity index (χ1v) is 9.96. The van der Waals surface area contributed by atoms with Crippen molar-refractivity contribution in [2.75, 3.05) is 0 Å². The molecule has 0 radical (unpaired) electrons. The van der Waals surface area contributed by atoms with Crippen LogP contribution < -0.4 is 0 Å². The van der Waals surface area contributed by atoms with Gasteiger partial charge >= 0.3 is 0 Å². The predicted octanol–water partition coefficient (Wildman–Crippen LogP) is 8.05.